The summed E-state index contributed by atoms with van der Waals surface area (Å²) in [5, 5.41) is 7.52. The van der Waals surface area contributed by atoms with E-state index >= 15 is 0 Å². The predicted molar refractivity (Wildman–Crippen MR) is 71.5 cm³/mol. The van der Waals surface area contributed by atoms with Crippen molar-refractivity contribution < 1.29 is 4.79 Å². The molecule has 1 aromatic heterocycles. The van der Waals surface area contributed by atoms with Crippen LogP contribution in [0.15, 0.2) is 6.20 Å². The summed E-state index contributed by atoms with van der Waals surface area (Å²) < 4.78 is 1.76. The maximum absolute atomic E-state index is 12.3. The Kier molecular flexibility index (Phi) is 3.89. The Labute approximate surface area is 108 Å². The van der Waals surface area contributed by atoms with Gasteiger partial charge in [-0.2, -0.15) is 5.10 Å². The predicted octanol–water partition coefficient (Wildman–Crippen LogP) is 1.54. The van der Waals surface area contributed by atoms with Crippen molar-refractivity contribution in [1.82, 2.24) is 14.7 Å². The molecule has 0 spiro atoms. The van der Waals surface area contributed by atoms with Crippen molar-refractivity contribution >= 4 is 11.6 Å². The van der Waals surface area contributed by atoms with Gasteiger partial charge in [0.25, 0.3) is 0 Å². The van der Waals surface area contributed by atoms with Gasteiger partial charge in [-0.3, -0.25) is 9.48 Å². The number of anilines is 1. The molecule has 1 aromatic rings. The van der Waals surface area contributed by atoms with Gasteiger partial charge in [0.15, 0.2) is 0 Å². The summed E-state index contributed by atoms with van der Waals surface area (Å²) in [6.45, 7) is 5.66. The molecule has 0 aromatic carbocycles. The number of hydrogen-bond acceptors (Lipinski definition) is 3. The Hall–Kier alpha value is -1.52. The highest BCUT2D eigenvalue weighted by atomic mass is 16.2. The molecule has 5 nitrogen and oxygen atoms in total. The summed E-state index contributed by atoms with van der Waals surface area (Å²) in [4.78, 5) is 14.2. The average Bonchev–Trinajstić information content (AvgIpc) is 2.68. The zero-order chi connectivity index (χ0) is 13.1. The number of rotatable bonds is 3. The van der Waals surface area contributed by atoms with Gasteiger partial charge in [0, 0.05) is 26.3 Å². The first-order valence-corrected chi connectivity index (χ1v) is 6.63. The standard InChI is InChI=1S/C13H22N4O/c1-10-12(9-16(3)15-10)14-11(2)13(18)17-7-5-4-6-8-17/h9,11,14H,4-8H2,1-3H3. The monoisotopic (exact) mass is 250 g/mol. The highest BCUT2D eigenvalue weighted by Gasteiger charge is 2.22. The molecule has 0 radical (unpaired) electrons. The molecule has 1 amide bonds. The van der Waals surface area contributed by atoms with Gasteiger partial charge in [0.1, 0.15) is 6.04 Å². The second kappa shape index (κ2) is 5.42. The number of amides is 1. The summed E-state index contributed by atoms with van der Waals surface area (Å²) in [6.07, 6.45) is 5.41. The van der Waals surface area contributed by atoms with Crippen LogP contribution in [-0.2, 0) is 11.8 Å². The number of piperidine rings is 1. The van der Waals surface area contributed by atoms with Crippen molar-refractivity contribution in [2.75, 3.05) is 18.4 Å². The van der Waals surface area contributed by atoms with E-state index in [0.717, 1.165) is 37.3 Å². The van der Waals surface area contributed by atoms with Crippen molar-refractivity contribution in [3.8, 4) is 0 Å². The maximum atomic E-state index is 12.3. The van der Waals surface area contributed by atoms with E-state index in [9.17, 15) is 4.79 Å². The average molecular weight is 250 g/mol. The summed E-state index contributed by atoms with van der Waals surface area (Å²) in [5.74, 6) is 0.193. The lowest BCUT2D eigenvalue weighted by molar-refractivity contribution is -0.132. The van der Waals surface area contributed by atoms with Crippen LogP contribution in [0.2, 0.25) is 0 Å². The van der Waals surface area contributed by atoms with E-state index in [2.05, 4.69) is 10.4 Å². The summed E-state index contributed by atoms with van der Waals surface area (Å²) >= 11 is 0. The van der Waals surface area contributed by atoms with Gasteiger partial charge in [-0.15, -0.1) is 0 Å². The molecule has 1 atom stereocenters. The number of likely N-dealkylation sites (tertiary alicyclic amines) is 1. The minimum Gasteiger partial charge on any atom is -0.371 e. The molecule has 2 heterocycles. The third kappa shape index (κ3) is 2.83. The minimum atomic E-state index is -0.189. The third-order valence-corrected chi connectivity index (χ3v) is 3.42. The van der Waals surface area contributed by atoms with Crippen molar-refractivity contribution in [1.29, 1.82) is 0 Å². The van der Waals surface area contributed by atoms with E-state index in [-0.39, 0.29) is 11.9 Å². The van der Waals surface area contributed by atoms with Crippen LogP contribution >= 0.6 is 0 Å². The number of aromatic nitrogens is 2. The summed E-state index contributed by atoms with van der Waals surface area (Å²) in [7, 11) is 1.88. The number of hydrogen-bond donors (Lipinski definition) is 1. The van der Waals surface area contributed by atoms with Crippen molar-refractivity contribution in [2.24, 2.45) is 7.05 Å². The van der Waals surface area contributed by atoms with Crippen molar-refractivity contribution in [3.05, 3.63) is 11.9 Å². The lowest BCUT2D eigenvalue weighted by Crippen LogP contribution is -2.43. The molecular formula is C13H22N4O. The van der Waals surface area contributed by atoms with Crippen LogP contribution in [0.5, 0.6) is 0 Å². The van der Waals surface area contributed by atoms with Crippen LogP contribution in [-0.4, -0.2) is 39.7 Å². The number of aryl methyl sites for hydroxylation is 2. The van der Waals surface area contributed by atoms with E-state index in [4.69, 9.17) is 0 Å². The van der Waals surface area contributed by atoms with Crippen LogP contribution in [0.3, 0.4) is 0 Å². The van der Waals surface area contributed by atoms with E-state index in [1.54, 1.807) is 4.68 Å². The first kappa shape index (κ1) is 12.9. The van der Waals surface area contributed by atoms with Gasteiger partial charge in [0.2, 0.25) is 5.91 Å². The van der Waals surface area contributed by atoms with Gasteiger partial charge < -0.3 is 10.2 Å². The fourth-order valence-electron chi connectivity index (χ4n) is 2.42. The molecule has 100 valence electrons. The van der Waals surface area contributed by atoms with Crippen molar-refractivity contribution in [3.63, 3.8) is 0 Å². The molecule has 0 aliphatic carbocycles. The van der Waals surface area contributed by atoms with Crippen LogP contribution in [0.1, 0.15) is 31.9 Å². The highest BCUT2D eigenvalue weighted by Crippen LogP contribution is 2.15. The first-order valence-electron chi connectivity index (χ1n) is 6.63. The minimum absolute atomic E-state index is 0.189. The zero-order valence-electron chi connectivity index (χ0n) is 11.4. The Morgan fingerprint density at radius 1 is 1.39 bits per heavy atom. The molecule has 5 heteroatoms. The highest BCUT2D eigenvalue weighted by molar-refractivity contribution is 5.84. The van der Waals surface area contributed by atoms with Gasteiger partial charge in [-0.25, -0.2) is 0 Å². The SMILES string of the molecule is Cc1nn(C)cc1NC(C)C(=O)N1CCCCC1. The molecule has 1 N–H and O–H groups in total. The number of carbonyl (C=O) groups is 1. The van der Waals surface area contributed by atoms with Crippen LogP contribution in [0.25, 0.3) is 0 Å². The normalized spacial score (nSPS) is 17.6. The van der Waals surface area contributed by atoms with Gasteiger partial charge >= 0.3 is 0 Å². The molecule has 1 unspecified atom stereocenters. The first-order chi connectivity index (χ1) is 8.58. The lowest BCUT2D eigenvalue weighted by Gasteiger charge is -2.29. The van der Waals surface area contributed by atoms with E-state index < -0.39 is 0 Å². The Bertz CT molecular complexity index is 421. The van der Waals surface area contributed by atoms with Gasteiger partial charge in [0.05, 0.1) is 11.4 Å². The van der Waals surface area contributed by atoms with E-state index in [1.807, 2.05) is 32.0 Å². The van der Waals surface area contributed by atoms with E-state index in [1.165, 1.54) is 6.42 Å². The molecule has 1 saturated heterocycles. The molecular weight excluding hydrogens is 228 g/mol. The Morgan fingerprint density at radius 3 is 2.61 bits per heavy atom. The third-order valence-electron chi connectivity index (χ3n) is 3.42. The summed E-state index contributed by atoms with van der Waals surface area (Å²) in [6, 6.07) is -0.189. The Balaban J connectivity index is 1.96. The molecule has 1 aliphatic rings. The zero-order valence-corrected chi connectivity index (χ0v) is 11.4. The van der Waals surface area contributed by atoms with Gasteiger partial charge in [-0.1, -0.05) is 0 Å². The molecule has 18 heavy (non-hydrogen) atoms. The molecule has 2 rings (SSSR count). The molecule has 1 aliphatic heterocycles. The summed E-state index contributed by atoms with van der Waals surface area (Å²) in [5.41, 5.74) is 1.87. The van der Waals surface area contributed by atoms with Gasteiger partial charge in [-0.05, 0) is 33.1 Å². The second-order valence-electron chi connectivity index (χ2n) is 5.05. The topological polar surface area (TPSA) is 50.2 Å². The van der Waals surface area contributed by atoms with E-state index in [0.29, 0.717) is 0 Å². The quantitative estimate of drug-likeness (QED) is 0.885. The number of carbonyl (C=O) groups excluding carboxylic acids is 1. The second-order valence-corrected chi connectivity index (χ2v) is 5.05. The largest absolute Gasteiger partial charge is 0.371 e. The number of nitrogens with one attached hydrogen (secondary N) is 1. The number of nitrogens with zero attached hydrogens (tertiary/aromatic N) is 3. The van der Waals surface area contributed by atoms with Crippen molar-refractivity contribution in [2.45, 2.75) is 39.2 Å². The fraction of sp³-hybridized carbons (Fsp3) is 0.692. The fourth-order valence-corrected chi connectivity index (χ4v) is 2.42. The molecule has 0 saturated carbocycles. The van der Waals surface area contributed by atoms with Crippen LogP contribution < -0.4 is 5.32 Å². The Morgan fingerprint density at radius 2 is 2.06 bits per heavy atom. The maximum Gasteiger partial charge on any atom is 0.244 e. The smallest absolute Gasteiger partial charge is 0.244 e. The molecule has 0 bridgehead atoms. The molecule has 1 fully saturated rings. The van der Waals surface area contributed by atoms with Crippen LogP contribution in [0.4, 0.5) is 5.69 Å². The van der Waals surface area contributed by atoms with Crippen LogP contribution in [0, 0.1) is 6.92 Å². The lowest BCUT2D eigenvalue weighted by atomic mass is 10.1.